The number of anilines is 1. The second kappa shape index (κ2) is 10.2. The van der Waals surface area contributed by atoms with Crippen LogP contribution in [0.25, 0.3) is 0 Å². The Morgan fingerprint density at radius 1 is 1.07 bits per heavy atom. The Labute approximate surface area is 164 Å². The number of rotatable bonds is 8. The van der Waals surface area contributed by atoms with Crippen LogP contribution in [0.1, 0.15) is 21.5 Å². The largest absolute Gasteiger partial charge is 0.452 e. The summed E-state index contributed by atoms with van der Waals surface area (Å²) < 4.78 is 10.1. The minimum absolute atomic E-state index is 0.145. The second-order valence-corrected chi connectivity index (χ2v) is 6.37. The first kappa shape index (κ1) is 21.1. The molecule has 0 saturated carbocycles. The van der Waals surface area contributed by atoms with Crippen molar-refractivity contribution in [3.8, 4) is 0 Å². The van der Waals surface area contributed by atoms with Crippen LogP contribution in [0, 0.1) is 6.92 Å². The number of methoxy groups -OCH3 is 1. The van der Waals surface area contributed by atoms with Gasteiger partial charge in [0.15, 0.2) is 6.61 Å². The summed E-state index contributed by atoms with van der Waals surface area (Å²) >= 11 is 0. The summed E-state index contributed by atoms with van der Waals surface area (Å²) in [6, 6.07) is 14.1. The smallest absolute Gasteiger partial charge is 0.338 e. The predicted octanol–water partition coefficient (Wildman–Crippen LogP) is 2.40. The van der Waals surface area contributed by atoms with Gasteiger partial charge in [-0.05, 0) is 36.8 Å². The monoisotopic (exact) mass is 384 g/mol. The summed E-state index contributed by atoms with van der Waals surface area (Å²) in [6.45, 7) is 1.74. The van der Waals surface area contributed by atoms with Gasteiger partial charge in [0, 0.05) is 19.8 Å². The van der Waals surface area contributed by atoms with E-state index in [9.17, 15) is 14.4 Å². The highest BCUT2D eigenvalue weighted by Crippen LogP contribution is 2.09. The minimum Gasteiger partial charge on any atom is -0.452 e. The van der Waals surface area contributed by atoms with Crippen molar-refractivity contribution < 1.29 is 23.9 Å². The third kappa shape index (κ3) is 6.51. The lowest BCUT2D eigenvalue weighted by Gasteiger charge is -2.17. The van der Waals surface area contributed by atoms with Gasteiger partial charge in [0.05, 0.1) is 18.7 Å². The van der Waals surface area contributed by atoms with Crippen LogP contribution >= 0.6 is 0 Å². The predicted molar refractivity (Wildman–Crippen MR) is 105 cm³/mol. The van der Waals surface area contributed by atoms with Crippen molar-refractivity contribution in [2.75, 3.05) is 32.6 Å². The number of ether oxygens (including phenoxy) is 2. The maximum absolute atomic E-state index is 12.1. The van der Waals surface area contributed by atoms with E-state index in [4.69, 9.17) is 9.47 Å². The molecule has 28 heavy (non-hydrogen) atoms. The van der Waals surface area contributed by atoms with E-state index < -0.39 is 18.5 Å². The van der Waals surface area contributed by atoms with E-state index >= 15 is 0 Å². The molecule has 0 heterocycles. The minimum atomic E-state index is -0.608. The molecule has 2 aromatic rings. The van der Waals surface area contributed by atoms with Crippen LogP contribution < -0.4 is 5.32 Å². The van der Waals surface area contributed by atoms with Crippen LogP contribution in [0.4, 0.5) is 5.69 Å². The number of carbonyl (C=O) groups excluding carboxylic acids is 3. The van der Waals surface area contributed by atoms with Crippen molar-refractivity contribution in [3.05, 3.63) is 65.2 Å². The van der Waals surface area contributed by atoms with E-state index in [1.54, 1.807) is 37.4 Å². The van der Waals surface area contributed by atoms with Crippen LogP contribution in [0.2, 0.25) is 0 Å². The molecule has 0 saturated heterocycles. The molecule has 7 heteroatoms. The van der Waals surface area contributed by atoms with E-state index in [0.29, 0.717) is 17.9 Å². The zero-order chi connectivity index (χ0) is 20.5. The van der Waals surface area contributed by atoms with Gasteiger partial charge >= 0.3 is 5.97 Å². The Balaban J connectivity index is 1.81. The van der Waals surface area contributed by atoms with Gasteiger partial charge in [-0.1, -0.05) is 29.8 Å². The number of nitrogens with one attached hydrogen (secondary N) is 1. The Hall–Kier alpha value is -3.19. The number of hydrogen-bond donors (Lipinski definition) is 1. The Morgan fingerprint density at radius 3 is 2.46 bits per heavy atom. The van der Waals surface area contributed by atoms with Gasteiger partial charge < -0.3 is 19.7 Å². The second-order valence-electron chi connectivity index (χ2n) is 6.37. The van der Waals surface area contributed by atoms with Gasteiger partial charge in [0.2, 0.25) is 5.91 Å². The molecule has 2 rings (SSSR count). The molecule has 0 fully saturated rings. The van der Waals surface area contributed by atoms with Gasteiger partial charge in [-0.2, -0.15) is 0 Å². The summed E-state index contributed by atoms with van der Waals surface area (Å²) in [5, 5.41) is 2.71. The number of carbonyl (C=O) groups is 3. The van der Waals surface area contributed by atoms with Gasteiger partial charge in [-0.25, -0.2) is 4.79 Å². The number of amides is 2. The molecule has 0 aliphatic rings. The van der Waals surface area contributed by atoms with Crippen molar-refractivity contribution in [1.29, 1.82) is 0 Å². The number of benzene rings is 2. The number of esters is 1. The fourth-order valence-corrected chi connectivity index (χ4v) is 2.42. The lowest BCUT2D eigenvalue weighted by Crippen LogP contribution is -2.37. The fraction of sp³-hybridized carbons (Fsp3) is 0.286. The molecule has 0 aliphatic heterocycles. The highest BCUT2D eigenvalue weighted by Gasteiger charge is 2.16. The van der Waals surface area contributed by atoms with Crippen molar-refractivity contribution in [1.82, 2.24) is 4.90 Å². The van der Waals surface area contributed by atoms with E-state index in [-0.39, 0.29) is 12.5 Å². The van der Waals surface area contributed by atoms with Crippen LogP contribution in [0.15, 0.2) is 48.5 Å². The van der Waals surface area contributed by atoms with Crippen LogP contribution in [0.3, 0.4) is 0 Å². The quantitative estimate of drug-likeness (QED) is 0.707. The number of hydrogen-bond acceptors (Lipinski definition) is 5. The average molecular weight is 384 g/mol. The highest BCUT2D eigenvalue weighted by atomic mass is 16.5. The molecule has 0 atom stereocenters. The molecule has 7 nitrogen and oxygen atoms in total. The Morgan fingerprint density at radius 2 is 1.79 bits per heavy atom. The normalized spacial score (nSPS) is 10.2. The van der Waals surface area contributed by atoms with E-state index in [0.717, 1.165) is 11.1 Å². The third-order valence-electron chi connectivity index (χ3n) is 3.94. The van der Waals surface area contributed by atoms with Gasteiger partial charge in [0.1, 0.15) is 0 Å². The molecule has 0 aromatic heterocycles. The first-order chi connectivity index (χ1) is 13.4. The topological polar surface area (TPSA) is 84.9 Å². The molecule has 0 spiro atoms. The van der Waals surface area contributed by atoms with Crippen molar-refractivity contribution >= 4 is 23.5 Å². The summed E-state index contributed by atoms with van der Waals surface area (Å²) in [5.74, 6) is -1.41. The van der Waals surface area contributed by atoms with Crippen molar-refractivity contribution in [3.63, 3.8) is 0 Å². The van der Waals surface area contributed by atoms with Crippen LogP contribution in [-0.4, -0.2) is 50.0 Å². The zero-order valence-corrected chi connectivity index (χ0v) is 16.2. The maximum atomic E-state index is 12.1. The fourth-order valence-electron chi connectivity index (χ4n) is 2.42. The molecule has 0 bridgehead atoms. The average Bonchev–Trinajstić information content (AvgIpc) is 2.68. The third-order valence-corrected chi connectivity index (χ3v) is 3.94. The SMILES string of the molecule is COCc1cccc(C(=O)OCC(=O)N(C)CC(=O)Nc2ccc(C)cc2)c1. The first-order valence-corrected chi connectivity index (χ1v) is 8.74. The van der Waals surface area contributed by atoms with Crippen LogP contribution in [-0.2, 0) is 25.7 Å². The first-order valence-electron chi connectivity index (χ1n) is 8.74. The molecule has 148 valence electrons. The molecule has 0 aliphatic carbocycles. The number of aryl methyl sites for hydroxylation is 1. The summed E-state index contributed by atoms with van der Waals surface area (Å²) in [5.41, 5.74) is 2.90. The Bertz CT molecular complexity index is 833. The van der Waals surface area contributed by atoms with Crippen molar-refractivity contribution in [2.45, 2.75) is 13.5 Å². The summed E-state index contributed by atoms with van der Waals surface area (Å²) in [4.78, 5) is 37.5. The summed E-state index contributed by atoms with van der Waals surface area (Å²) in [6.07, 6.45) is 0. The molecule has 0 radical (unpaired) electrons. The molecule has 2 amide bonds. The maximum Gasteiger partial charge on any atom is 0.338 e. The highest BCUT2D eigenvalue weighted by molar-refractivity contribution is 5.95. The molecule has 2 aromatic carbocycles. The lowest BCUT2D eigenvalue weighted by molar-refractivity contribution is -0.136. The Kier molecular flexibility index (Phi) is 7.71. The van der Waals surface area contributed by atoms with Gasteiger partial charge in [-0.15, -0.1) is 0 Å². The number of nitrogens with zero attached hydrogens (tertiary/aromatic N) is 1. The lowest BCUT2D eigenvalue weighted by atomic mass is 10.1. The van der Waals surface area contributed by atoms with Crippen LogP contribution in [0.5, 0.6) is 0 Å². The van der Waals surface area contributed by atoms with Gasteiger partial charge in [-0.3, -0.25) is 9.59 Å². The molecule has 0 unspecified atom stereocenters. The van der Waals surface area contributed by atoms with Crippen molar-refractivity contribution in [2.24, 2.45) is 0 Å². The molecular weight excluding hydrogens is 360 g/mol. The summed E-state index contributed by atoms with van der Waals surface area (Å²) in [7, 11) is 3.04. The molecular formula is C21H24N2O5. The number of likely N-dealkylation sites (N-methyl/N-ethyl adjacent to an activating group) is 1. The van der Waals surface area contributed by atoms with Gasteiger partial charge in [0.25, 0.3) is 5.91 Å². The molecule has 1 N–H and O–H groups in total. The van der Waals surface area contributed by atoms with E-state index in [1.165, 1.54) is 11.9 Å². The van der Waals surface area contributed by atoms with E-state index in [2.05, 4.69) is 5.32 Å². The standard InChI is InChI=1S/C21H24N2O5/c1-15-7-9-18(10-8-15)22-19(24)12-23(2)20(25)14-28-21(26)17-6-4-5-16(11-17)13-27-3/h4-11H,12-14H2,1-3H3,(H,22,24). The zero-order valence-electron chi connectivity index (χ0n) is 16.2. The van der Waals surface area contributed by atoms with E-state index in [1.807, 2.05) is 25.1 Å².